The van der Waals surface area contributed by atoms with Crippen LogP contribution in [0.1, 0.15) is 37.7 Å². The Morgan fingerprint density at radius 1 is 0.974 bits per heavy atom. The highest BCUT2D eigenvalue weighted by molar-refractivity contribution is 8.00. The minimum Gasteiger partial charge on any atom is -0.457 e. The van der Waals surface area contributed by atoms with Gasteiger partial charge in [0.2, 0.25) is 0 Å². The highest BCUT2D eigenvalue weighted by Gasteiger charge is 2.35. The Balaban J connectivity index is 1.44. The molecule has 2 amide bonds. The smallest absolute Gasteiger partial charge is 0.270 e. The molecule has 198 valence electrons. The first-order valence-corrected chi connectivity index (χ1v) is 13.9. The van der Waals surface area contributed by atoms with Crippen molar-refractivity contribution in [2.24, 2.45) is 0 Å². The second-order valence-electron chi connectivity index (χ2n) is 9.22. The third-order valence-corrected chi connectivity index (χ3v) is 8.24. The van der Waals surface area contributed by atoms with Crippen molar-refractivity contribution >= 4 is 58.4 Å². The molecule has 0 radical (unpaired) electrons. The van der Waals surface area contributed by atoms with E-state index in [1.807, 2.05) is 30.3 Å². The number of anilines is 1. The van der Waals surface area contributed by atoms with E-state index in [0.29, 0.717) is 28.0 Å². The Morgan fingerprint density at radius 3 is 2.36 bits per heavy atom. The number of nitrogens with zero attached hydrogens (tertiary/aromatic N) is 2. The van der Waals surface area contributed by atoms with Gasteiger partial charge in [0.05, 0.1) is 10.6 Å². The minimum atomic E-state index is -0.648. The molecule has 5 rings (SSSR count). The van der Waals surface area contributed by atoms with E-state index in [4.69, 9.17) is 17.0 Å². The maximum absolute atomic E-state index is 13.6. The van der Waals surface area contributed by atoms with Crippen LogP contribution in [0.2, 0.25) is 0 Å². The Bertz CT molecular complexity index is 1450. The lowest BCUT2D eigenvalue weighted by molar-refractivity contribution is -0.384. The van der Waals surface area contributed by atoms with Gasteiger partial charge in [-0.15, -0.1) is 11.8 Å². The number of para-hydroxylation sites is 1. The molecule has 3 aromatic rings. The zero-order valence-electron chi connectivity index (χ0n) is 20.9. The molecule has 1 N–H and O–H groups in total. The van der Waals surface area contributed by atoms with Gasteiger partial charge in [0.1, 0.15) is 17.1 Å². The number of hydrogen-bond donors (Lipinski definition) is 1. The maximum Gasteiger partial charge on any atom is 0.270 e. The Hall–Kier alpha value is -4.02. The number of benzene rings is 3. The number of carbonyl (C=O) groups excluding carboxylic acids is 2. The number of hydrogen-bond acceptors (Lipinski definition) is 7. The van der Waals surface area contributed by atoms with E-state index in [9.17, 15) is 19.7 Å². The summed E-state index contributed by atoms with van der Waals surface area (Å²) < 4.78 is 5.82. The topological polar surface area (TPSA) is 102 Å². The number of ether oxygens (including phenoxy) is 1. The van der Waals surface area contributed by atoms with Gasteiger partial charge in [-0.3, -0.25) is 29.9 Å². The molecule has 0 spiro atoms. The molecule has 1 saturated heterocycles. The SMILES string of the molecule is O=C1NC(=S)N(c2ccc(Oc3ccccc3)cc2)C(=O)/C1=C/c1cc([N+](=O)[O-])ccc1SC1CCCCC1. The fraction of sp³-hybridized carbons (Fsp3) is 0.207. The fourth-order valence-electron chi connectivity index (χ4n) is 4.57. The van der Waals surface area contributed by atoms with Crippen LogP contribution in [0.4, 0.5) is 11.4 Å². The molecular formula is C29H25N3O5S2. The molecule has 0 atom stereocenters. The molecule has 0 aromatic heterocycles. The molecule has 0 bridgehead atoms. The van der Waals surface area contributed by atoms with Crippen molar-refractivity contribution in [3.05, 3.63) is 94.0 Å². The van der Waals surface area contributed by atoms with Crippen molar-refractivity contribution < 1.29 is 19.2 Å². The monoisotopic (exact) mass is 559 g/mol. The zero-order valence-corrected chi connectivity index (χ0v) is 22.5. The number of rotatable bonds is 7. The van der Waals surface area contributed by atoms with Crippen molar-refractivity contribution in [3.63, 3.8) is 0 Å². The van der Waals surface area contributed by atoms with E-state index >= 15 is 0 Å². The third kappa shape index (κ3) is 6.18. The van der Waals surface area contributed by atoms with Crippen LogP contribution in [0.25, 0.3) is 6.08 Å². The minimum absolute atomic E-state index is 0.0466. The number of nitrogens with one attached hydrogen (secondary N) is 1. The van der Waals surface area contributed by atoms with Crippen LogP contribution < -0.4 is 15.0 Å². The predicted octanol–water partition coefficient (Wildman–Crippen LogP) is 6.64. The van der Waals surface area contributed by atoms with Crippen LogP contribution in [0.15, 0.2) is 83.3 Å². The van der Waals surface area contributed by atoms with Crippen LogP contribution in [0.5, 0.6) is 11.5 Å². The number of thiocarbonyl (C=S) groups is 1. The van der Waals surface area contributed by atoms with E-state index in [2.05, 4.69) is 5.32 Å². The van der Waals surface area contributed by atoms with Crippen molar-refractivity contribution in [1.29, 1.82) is 0 Å². The van der Waals surface area contributed by atoms with Crippen molar-refractivity contribution in [1.82, 2.24) is 5.32 Å². The largest absolute Gasteiger partial charge is 0.457 e. The summed E-state index contributed by atoms with van der Waals surface area (Å²) in [6.45, 7) is 0. The normalized spacial score (nSPS) is 17.3. The van der Waals surface area contributed by atoms with Gasteiger partial charge in [0.15, 0.2) is 5.11 Å². The van der Waals surface area contributed by atoms with Gasteiger partial charge in [-0.05, 0) is 79.2 Å². The lowest BCUT2D eigenvalue weighted by Crippen LogP contribution is -2.54. The number of non-ortho nitro benzene ring substituents is 1. The Morgan fingerprint density at radius 2 is 1.67 bits per heavy atom. The molecule has 39 heavy (non-hydrogen) atoms. The summed E-state index contributed by atoms with van der Waals surface area (Å²) in [7, 11) is 0. The molecule has 3 aromatic carbocycles. The summed E-state index contributed by atoms with van der Waals surface area (Å²) in [5, 5.41) is 14.4. The van der Waals surface area contributed by atoms with Gasteiger partial charge < -0.3 is 4.74 Å². The average Bonchev–Trinajstić information content (AvgIpc) is 2.93. The quantitative estimate of drug-likeness (QED) is 0.114. The molecule has 0 unspecified atom stereocenters. The van der Waals surface area contributed by atoms with E-state index in [1.54, 1.807) is 42.1 Å². The van der Waals surface area contributed by atoms with Crippen molar-refractivity contribution in [3.8, 4) is 11.5 Å². The van der Waals surface area contributed by atoms with Gasteiger partial charge in [0, 0.05) is 22.3 Å². The molecule has 2 fully saturated rings. The molecule has 2 aliphatic rings. The molecule has 1 aliphatic carbocycles. The highest BCUT2D eigenvalue weighted by atomic mass is 32.2. The summed E-state index contributed by atoms with van der Waals surface area (Å²) in [6, 6.07) is 20.6. The predicted molar refractivity (Wildman–Crippen MR) is 155 cm³/mol. The number of amides is 2. The number of nitro benzene ring substituents is 1. The summed E-state index contributed by atoms with van der Waals surface area (Å²) >= 11 is 6.97. The van der Waals surface area contributed by atoms with Crippen LogP contribution in [0.3, 0.4) is 0 Å². The third-order valence-electron chi connectivity index (χ3n) is 6.53. The summed E-state index contributed by atoms with van der Waals surface area (Å²) in [4.78, 5) is 39.5. The second kappa shape index (κ2) is 11.8. The molecular weight excluding hydrogens is 534 g/mol. The van der Waals surface area contributed by atoms with E-state index in [1.165, 1.54) is 29.5 Å². The van der Waals surface area contributed by atoms with Crippen LogP contribution in [0, 0.1) is 10.1 Å². The van der Waals surface area contributed by atoms with E-state index in [0.717, 1.165) is 30.6 Å². The first kappa shape index (κ1) is 26.6. The van der Waals surface area contributed by atoms with Gasteiger partial charge in [0.25, 0.3) is 17.5 Å². The lowest BCUT2D eigenvalue weighted by atomic mass is 10.0. The Labute approximate surface area is 235 Å². The number of carbonyl (C=O) groups is 2. The number of thioether (sulfide) groups is 1. The molecule has 1 aliphatic heterocycles. The van der Waals surface area contributed by atoms with E-state index < -0.39 is 16.7 Å². The molecule has 10 heteroatoms. The van der Waals surface area contributed by atoms with Gasteiger partial charge in [-0.2, -0.15) is 0 Å². The highest BCUT2D eigenvalue weighted by Crippen LogP contribution is 2.37. The van der Waals surface area contributed by atoms with Crippen LogP contribution in [-0.2, 0) is 9.59 Å². The summed E-state index contributed by atoms with van der Waals surface area (Å²) in [6.07, 6.45) is 7.04. The first-order chi connectivity index (χ1) is 18.9. The standard InChI is InChI=1S/C29H25N3O5S2/c33-27-25(18-19-17-21(32(35)36)13-16-26(19)39-24-9-5-2-6-10-24)28(34)31(29(38)30-27)20-11-14-23(15-12-20)37-22-7-3-1-4-8-22/h1,3-4,7-8,11-18,24H,2,5-6,9-10H2,(H,30,33,38)/b25-18+. The zero-order chi connectivity index (χ0) is 27.4. The summed E-state index contributed by atoms with van der Waals surface area (Å²) in [5.41, 5.74) is 0.643. The average molecular weight is 560 g/mol. The van der Waals surface area contributed by atoms with Crippen LogP contribution >= 0.6 is 24.0 Å². The van der Waals surface area contributed by atoms with Gasteiger partial charge >= 0.3 is 0 Å². The number of nitro groups is 1. The van der Waals surface area contributed by atoms with Gasteiger partial charge in [-0.25, -0.2) is 0 Å². The molecule has 1 saturated carbocycles. The molecule has 1 heterocycles. The Kier molecular flexibility index (Phi) is 8.04. The molecule has 8 nitrogen and oxygen atoms in total. The summed E-state index contributed by atoms with van der Waals surface area (Å²) in [5.74, 6) is -0.0155. The van der Waals surface area contributed by atoms with Crippen molar-refractivity contribution in [2.75, 3.05) is 4.90 Å². The van der Waals surface area contributed by atoms with Crippen LogP contribution in [-0.4, -0.2) is 27.1 Å². The van der Waals surface area contributed by atoms with Crippen molar-refractivity contribution in [2.45, 2.75) is 42.2 Å². The van der Waals surface area contributed by atoms with E-state index in [-0.39, 0.29) is 16.4 Å². The maximum atomic E-state index is 13.6. The fourth-order valence-corrected chi connectivity index (χ4v) is 6.18. The second-order valence-corrected chi connectivity index (χ2v) is 11.0. The lowest BCUT2D eigenvalue weighted by Gasteiger charge is -2.29. The van der Waals surface area contributed by atoms with Gasteiger partial charge in [-0.1, -0.05) is 37.5 Å². The first-order valence-electron chi connectivity index (χ1n) is 12.6.